The molecule has 1 rings (SSSR count). The Kier molecular flexibility index (Phi) is 3.74. The summed E-state index contributed by atoms with van der Waals surface area (Å²) >= 11 is 0. The van der Waals surface area contributed by atoms with Gasteiger partial charge in [-0.05, 0) is 6.92 Å². The van der Waals surface area contributed by atoms with Crippen LogP contribution in [0.25, 0.3) is 0 Å². The van der Waals surface area contributed by atoms with Crippen LogP contribution in [0.3, 0.4) is 0 Å². The van der Waals surface area contributed by atoms with E-state index in [1.165, 1.54) is 18.3 Å². The molecule has 1 heterocycles. The number of nitrogens with zero attached hydrogens (tertiary/aromatic N) is 1. The van der Waals surface area contributed by atoms with Crippen molar-refractivity contribution in [1.82, 2.24) is 10.6 Å². The predicted molar refractivity (Wildman–Crippen MR) is 55.3 cm³/mol. The average molecular weight is 277 g/mol. The van der Waals surface area contributed by atoms with Gasteiger partial charge in [-0.3, -0.25) is 10.1 Å². The van der Waals surface area contributed by atoms with Crippen LogP contribution < -0.4 is 10.6 Å². The molecule has 9 heteroatoms. The molecule has 0 aromatic rings. The molecule has 1 fully saturated rings. The first-order chi connectivity index (χ1) is 8.70. The molecule has 2 atom stereocenters. The first-order valence-corrected chi connectivity index (χ1v) is 5.12. The second-order valence-electron chi connectivity index (χ2n) is 3.69. The van der Waals surface area contributed by atoms with Crippen LogP contribution in [0.4, 0.5) is 18.0 Å². The Labute approximate surface area is 106 Å². The summed E-state index contributed by atoms with van der Waals surface area (Å²) in [5.74, 6) is -3.53. The van der Waals surface area contributed by atoms with E-state index in [4.69, 9.17) is 5.26 Å². The minimum Gasteiger partial charge on any atom is -0.450 e. The maximum atomic E-state index is 13.2. The van der Waals surface area contributed by atoms with Gasteiger partial charge in [-0.2, -0.15) is 18.4 Å². The van der Waals surface area contributed by atoms with Gasteiger partial charge in [-0.1, -0.05) is 6.58 Å². The van der Waals surface area contributed by atoms with Crippen molar-refractivity contribution >= 4 is 12.0 Å². The molecule has 2 N–H and O–H groups in total. The maximum Gasteiger partial charge on any atom is 0.422 e. The summed E-state index contributed by atoms with van der Waals surface area (Å²) in [6.07, 6.45) is -6.62. The van der Waals surface area contributed by atoms with Gasteiger partial charge in [0.05, 0.1) is 12.7 Å². The van der Waals surface area contributed by atoms with Crippen molar-refractivity contribution in [2.24, 2.45) is 5.92 Å². The van der Waals surface area contributed by atoms with Gasteiger partial charge in [-0.15, -0.1) is 0 Å². The molecule has 0 aromatic carbocycles. The molecule has 0 spiro atoms. The Hall–Kier alpha value is -2.24. The third-order valence-electron chi connectivity index (χ3n) is 2.56. The van der Waals surface area contributed by atoms with Gasteiger partial charge in [0.15, 0.2) is 0 Å². The summed E-state index contributed by atoms with van der Waals surface area (Å²) in [7, 11) is 0. The average Bonchev–Trinajstić information content (AvgIpc) is 2.50. The molecule has 1 aliphatic heterocycles. The number of amides is 2. The van der Waals surface area contributed by atoms with Crippen LogP contribution in [0, 0.1) is 17.2 Å². The number of nitrogens with one attached hydrogen (secondary N) is 2. The quantitative estimate of drug-likeness (QED) is 0.781. The van der Waals surface area contributed by atoms with Crippen molar-refractivity contribution in [2.75, 3.05) is 6.61 Å². The Morgan fingerprint density at radius 1 is 1.68 bits per heavy atom. The van der Waals surface area contributed by atoms with E-state index in [0.29, 0.717) is 0 Å². The van der Waals surface area contributed by atoms with Crippen LogP contribution in [0.1, 0.15) is 6.92 Å². The summed E-state index contributed by atoms with van der Waals surface area (Å²) in [5, 5.41) is 12.1. The Morgan fingerprint density at radius 3 is 2.68 bits per heavy atom. The Morgan fingerprint density at radius 2 is 2.26 bits per heavy atom. The number of alkyl carbamates (subject to hydrolysis) is 1. The third-order valence-corrected chi connectivity index (χ3v) is 2.56. The molecule has 6 nitrogen and oxygen atoms in total. The highest BCUT2D eigenvalue weighted by Gasteiger charge is 2.70. The molecular formula is C10H10F3N3O3. The van der Waals surface area contributed by atoms with Crippen molar-refractivity contribution in [3.63, 3.8) is 0 Å². The minimum atomic E-state index is -5.18. The van der Waals surface area contributed by atoms with Crippen molar-refractivity contribution in [2.45, 2.75) is 18.6 Å². The lowest BCUT2D eigenvalue weighted by molar-refractivity contribution is -0.198. The fourth-order valence-corrected chi connectivity index (χ4v) is 1.70. The fraction of sp³-hybridized carbons (Fsp3) is 0.500. The van der Waals surface area contributed by atoms with E-state index in [0.717, 1.165) is 0 Å². The number of hydrogen-bond acceptors (Lipinski definition) is 4. The van der Waals surface area contributed by atoms with Crippen molar-refractivity contribution in [1.29, 1.82) is 5.26 Å². The number of carbonyl (C=O) groups is 2. The molecule has 0 saturated carbocycles. The number of rotatable bonds is 2. The van der Waals surface area contributed by atoms with E-state index in [9.17, 15) is 22.8 Å². The van der Waals surface area contributed by atoms with E-state index in [2.05, 4.69) is 11.3 Å². The SMILES string of the molecule is C=C1NC(=O)[C@](NC(=O)OCC)(C(F)(F)F)[C@@H]1C#N. The molecule has 1 saturated heterocycles. The lowest BCUT2D eigenvalue weighted by Gasteiger charge is -2.31. The third kappa shape index (κ3) is 2.21. The fourth-order valence-electron chi connectivity index (χ4n) is 1.70. The Balaban J connectivity index is 3.28. The van der Waals surface area contributed by atoms with Gasteiger partial charge in [0.25, 0.3) is 5.91 Å². The molecule has 1 aliphatic rings. The predicted octanol–water partition coefficient (Wildman–Crippen LogP) is 0.817. The van der Waals surface area contributed by atoms with Crippen molar-refractivity contribution in [3.8, 4) is 6.07 Å². The van der Waals surface area contributed by atoms with E-state index < -0.39 is 35.3 Å². The second kappa shape index (κ2) is 4.79. The van der Waals surface area contributed by atoms with Crippen molar-refractivity contribution < 1.29 is 27.5 Å². The van der Waals surface area contributed by atoms with Crippen LogP contribution >= 0.6 is 0 Å². The van der Waals surface area contributed by atoms with Crippen LogP contribution in [-0.2, 0) is 9.53 Å². The highest BCUT2D eigenvalue weighted by Crippen LogP contribution is 2.42. The van der Waals surface area contributed by atoms with Gasteiger partial charge in [0.2, 0.25) is 5.54 Å². The summed E-state index contributed by atoms with van der Waals surface area (Å²) < 4.78 is 43.8. The minimum absolute atomic E-state index is 0.181. The largest absolute Gasteiger partial charge is 0.450 e. The van der Waals surface area contributed by atoms with Crippen LogP contribution in [0.5, 0.6) is 0 Å². The standard InChI is InChI=1S/C10H10F3N3O3/c1-3-19-8(18)16-9(10(11,12)13)6(4-14)5(2)15-7(9)17/h6H,2-3H2,1H3,(H,15,17)(H,16,18)/t6-,9+/m1/s1. The monoisotopic (exact) mass is 277 g/mol. The molecule has 0 aromatic heterocycles. The highest BCUT2D eigenvalue weighted by atomic mass is 19.4. The summed E-state index contributed by atoms with van der Waals surface area (Å²) in [6, 6.07) is 1.32. The van der Waals surface area contributed by atoms with E-state index >= 15 is 0 Å². The molecular weight excluding hydrogens is 267 g/mol. The maximum absolute atomic E-state index is 13.2. The van der Waals surface area contributed by atoms with Gasteiger partial charge >= 0.3 is 12.3 Å². The van der Waals surface area contributed by atoms with Gasteiger partial charge in [0.1, 0.15) is 5.92 Å². The van der Waals surface area contributed by atoms with Gasteiger partial charge in [0, 0.05) is 5.70 Å². The zero-order chi connectivity index (χ0) is 14.8. The van der Waals surface area contributed by atoms with E-state index in [-0.39, 0.29) is 6.61 Å². The van der Waals surface area contributed by atoms with Crippen LogP contribution in [-0.4, -0.2) is 30.3 Å². The lowest BCUT2D eigenvalue weighted by Crippen LogP contribution is -2.66. The normalized spacial score (nSPS) is 26.6. The number of ether oxygens (including phenoxy) is 1. The van der Waals surface area contributed by atoms with E-state index in [1.54, 1.807) is 0 Å². The molecule has 0 aliphatic carbocycles. The number of alkyl halides is 3. The van der Waals surface area contributed by atoms with Gasteiger partial charge < -0.3 is 10.1 Å². The number of nitriles is 1. The summed E-state index contributed by atoms with van der Waals surface area (Å²) in [4.78, 5) is 22.8. The number of carbonyl (C=O) groups excluding carboxylic acids is 2. The summed E-state index contributed by atoms with van der Waals surface area (Å²) in [6.45, 7) is 4.38. The highest BCUT2D eigenvalue weighted by molar-refractivity contribution is 5.96. The molecule has 0 bridgehead atoms. The number of hydrogen-bond donors (Lipinski definition) is 2. The van der Waals surface area contributed by atoms with Gasteiger partial charge in [-0.25, -0.2) is 4.79 Å². The van der Waals surface area contributed by atoms with E-state index in [1.807, 2.05) is 5.32 Å². The zero-order valence-electron chi connectivity index (χ0n) is 9.80. The molecule has 2 amide bonds. The molecule has 19 heavy (non-hydrogen) atoms. The number of halogens is 3. The smallest absolute Gasteiger partial charge is 0.422 e. The summed E-state index contributed by atoms with van der Waals surface area (Å²) in [5.41, 5.74) is -3.81. The molecule has 0 unspecified atom stereocenters. The van der Waals surface area contributed by atoms with Crippen molar-refractivity contribution in [3.05, 3.63) is 12.3 Å². The zero-order valence-corrected chi connectivity index (χ0v) is 9.80. The molecule has 104 valence electrons. The first-order valence-electron chi connectivity index (χ1n) is 5.12. The topological polar surface area (TPSA) is 91.2 Å². The molecule has 0 radical (unpaired) electrons. The second-order valence-corrected chi connectivity index (χ2v) is 3.69. The Bertz CT molecular complexity index is 469. The first kappa shape index (κ1) is 14.8. The van der Waals surface area contributed by atoms with Crippen LogP contribution in [0.2, 0.25) is 0 Å². The lowest BCUT2D eigenvalue weighted by atomic mass is 9.85. The van der Waals surface area contributed by atoms with Crippen LogP contribution in [0.15, 0.2) is 12.3 Å².